The smallest absolute Gasteiger partial charge is 0.159 e. The first kappa shape index (κ1) is 19.1. The lowest BCUT2D eigenvalue weighted by molar-refractivity contribution is 0.112. The monoisotopic (exact) mass is 458 g/mol. The van der Waals surface area contributed by atoms with E-state index in [4.69, 9.17) is 0 Å². The Morgan fingerprint density at radius 2 is 1.16 bits per heavy atom. The summed E-state index contributed by atoms with van der Waals surface area (Å²) in [6.45, 7) is 0. The number of carbonyl (C=O) groups excluding carboxylic acids is 1. The normalized spacial score (nSPS) is 9.96. The minimum atomic E-state index is -0.878. The van der Waals surface area contributed by atoms with E-state index in [1.54, 1.807) is 24.3 Å². The topological polar surface area (TPSA) is 17.1 Å². The van der Waals surface area contributed by atoms with Gasteiger partial charge in [0, 0.05) is 9.13 Å². The van der Waals surface area contributed by atoms with Crippen molar-refractivity contribution in [3.63, 3.8) is 0 Å². The number of halogens is 5. The second-order valence-corrected chi connectivity index (χ2v) is 6.17. The molecule has 0 radical (unpaired) electrons. The molecule has 0 N–H and O–H groups in total. The van der Waals surface area contributed by atoms with E-state index in [0.29, 0.717) is 14.7 Å². The zero-order valence-electron chi connectivity index (χ0n) is 12.6. The van der Waals surface area contributed by atoms with Gasteiger partial charge in [-0.2, -0.15) is 0 Å². The maximum Gasteiger partial charge on any atom is 0.159 e. The lowest BCUT2D eigenvalue weighted by Gasteiger charge is -2.02. The second-order valence-electron chi connectivity index (χ2n) is 4.93. The van der Waals surface area contributed by atoms with Crippen LogP contribution in [0.2, 0.25) is 0 Å². The van der Waals surface area contributed by atoms with Gasteiger partial charge >= 0.3 is 0 Å². The Kier molecular flexibility index (Phi) is 6.69. The van der Waals surface area contributed by atoms with Gasteiger partial charge in [-0.3, -0.25) is 4.79 Å². The van der Waals surface area contributed by atoms with E-state index in [1.807, 2.05) is 22.6 Å². The zero-order chi connectivity index (χ0) is 18.4. The molecule has 6 heteroatoms. The number of rotatable bonds is 2. The van der Waals surface area contributed by atoms with Crippen LogP contribution in [-0.4, -0.2) is 6.29 Å². The number of benzene rings is 3. The van der Waals surface area contributed by atoms with E-state index in [9.17, 15) is 22.4 Å². The Hall–Kier alpha value is -2.22. The fraction of sp³-hybridized carbons (Fsp3) is 0. The molecule has 0 bridgehead atoms. The zero-order valence-corrected chi connectivity index (χ0v) is 14.8. The number of hydrogen-bond donors (Lipinski definition) is 0. The molecule has 0 saturated heterocycles. The molecule has 0 heterocycles. The first-order chi connectivity index (χ1) is 11.9. The van der Waals surface area contributed by atoms with Crippen LogP contribution in [0.3, 0.4) is 0 Å². The molecule has 128 valence electrons. The van der Waals surface area contributed by atoms with Gasteiger partial charge in [0.1, 0.15) is 6.29 Å². The summed E-state index contributed by atoms with van der Waals surface area (Å²) in [7, 11) is 0. The second kappa shape index (κ2) is 8.75. The lowest BCUT2D eigenvalue weighted by atomic mass is 10.0. The molecule has 0 aromatic heterocycles. The summed E-state index contributed by atoms with van der Waals surface area (Å²) in [5.41, 5.74) is 1.87. The molecule has 1 nitrogen and oxygen atoms in total. The third kappa shape index (κ3) is 5.38. The highest BCUT2D eigenvalue weighted by Crippen LogP contribution is 2.21. The van der Waals surface area contributed by atoms with Crippen molar-refractivity contribution in [2.75, 3.05) is 0 Å². The minimum Gasteiger partial charge on any atom is -0.298 e. The van der Waals surface area contributed by atoms with Crippen molar-refractivity contribution in [3.05, 3.63) is 93.1 Å². The molecule has 0 unspecified atom stereocenters. The van der Waals surface area contributed by atoms with E-state index >= 15 is 0 Å². The van der Waals surface area contributed by atoms with Crippen LogP contribution in [0.5, 0.6) is 0 Å². The summed E-state index contributed by atoms with van der Waals surface area (Å²) in [6.07, 6.45) is 0.731. The van der Waals surface area contributed by atoms with Gasteiger partial charge in [0.2, 0.25) is 0 Å². The fourth-order valence-corrected chi connectivity index (χ4v) is 2.35. The standard InChI is InChI=1S/C13H8F2O.C6H3F2I/c14-12-6-5-11(7-13(12)15)10-3-1-9(8-16)2-4-10;7-5-2-1-4(9)3-6(5)8/h1-8H;1-3H. The van der Waals surface area contributed by atoms with Gasteiger partial charge in [0.15, 0.2) is 23.3 Å². The van der Waals surface area contributed by atoms with Crippen LogP contribution in [0.15, 0.2) is 60.7 Å². The Morgan fingerprint density at radius 1 is 0.640 bits per heavy atom. The molecular weight excluding hydrogens is 447 g/mol. The van der Waals surface area contributed by atoms with Gasteiger partial charge in [-0.15, -0.1) is 0 Å². The van der Waals surface area contributed by atoms with E-state index in [0.717, 1.165) is 36.1 Å². The highest BCUT2D eigenvalue weighted by atomic mass is 127. The predicted molar refractivity (Wildman–Crippen MR) is 96.3 cm³/mol. The molecule has 3 aromatic carbocycles. The molecular formula is C19H11F4IO. The molecule has 0 aliphatic rings. The fourth-order valence-electron chi connectivity index (χ4n) is 1.90. The van der Waals surface area contributed by atoms with Crippen LogP contribution in [0.25, 0.3) is 11.1 Å². The highest BCUT2D eigenvalue weighted by molar-refractivity contribution is 14.1. The van der Waals surface area contributed by atoms with Gasteiger partial charge < -0.3 is 0 Å². The molecule has 25 heavy (non-hydrogen) atoms. The molecule has 3 aromatic rings. The molecule has 0 atom stereocenters. The van der Waals surface area contributed by atoms with Gasteiger partial charge in [-0.1, -0.05) is 30.3 Å². The Balaban J connectivity index is 0.000000212. The summed E-state index contributed by atoms with van der Waals surface area (Å²) >= 11 is 1.92. The summed E-state index contributed by atoms with van der Waals surface area (Å²) in [4.78, 5) is 10.4. The van der Waals surface area contributed by atoms with Gasteiger partial charge in [0.05, 0.1) is 0 Å². The van der Waals surface area contributed by atoms with E-state index in [1.165, 1.54) is 12.1 Å². The predicted octanol–water partition coefficient (Wildman–Crippen LogP) is 6.01. The Morgan fingerprint density at radius 3 is 1.64 bits per heavy atom. The highest BCUT2D eigenvalue weighted by Gasteiger charge is 2.04. The van der Waals surface area contributed by atoms with E-state index < -0.39 is 23.3 Å². The minimum absolute atomic E-state index is 0.548. The first-order valence-corrected chi connectivity index (χ1v) is 8.10. The van der Waals surface area contributed by atoms with Crippen LogP contribution in [-0.2, 0) is 0 Å². The van der Waals surface area contributed by atoms with E-state index in [-0.39, 0.29) is 0 Å². The number of hydrogen-bond acceptors (Lipinski definition) is 1. The number of carbonyl (C=O) groups is 1. The molecule has 0 fully saturated rings. The van der Waals surface area contributed by atoms with Gasteiger partial charge in [-0.25, -0.2) is 17.6 Å². The average molecular weight is 458 g/mol. The number of aldehydes is 1. The van der Waals surface area contributed by atoms with Crippen molar-refractivity contribution in [1.29, 1.82) is 0 Å². The molecule has 0 aliphatic heterocycles. The van der Waals surface area contributed by atoms with E-state index in [2.05, 4.69) is 0 Å². The molecule has 3 rings (SSSR count). The first-order valence-electron chi connectivity index (χ1n) is 7.02. The largest absolute Gasteiger partial charge is 0.298 e. The van der Waals surface area contributed by atoms with Crippen molar-refractivity contribution >= 4 is 28.9 Å². The molecule has 0 amide bonds. The van der Waals surface area contributed by atoms with Gasteiger partial charge in [-0.05, 0) is 64.0 Å². The summed E-state index contributed by atoms with van der Waals surface area (Å²) < 4.78 is 50.7. The van der Waals surface area contributed by atoms with Crippen molar-refractivity contribution in [3.8, 4) is 11.1 Å². The van der Waals surface area contributed by atoms with Crippen LogP contribution in [0.4, 0.5) is 17.6 Å². The molecule has 0 aliphatic carbocycles. The summed E-state index contributed by atoms with van der Waals surface area (Å²) in [6, 6.07) is 14.1. The molecule has 0 spiro atoms. The Bertz CT molecular complexity index is 879. The van der Waals surface area contributed by atoms with Crippen LogP contribution in [0, 0.1) is 26.8 Å². The van der Waals surface area contributed by atoms with Crippen molar-refractivity contribution < 1.29 is 22.4 Å². The van der Waals surface area contributed by atoms with Crippen molar-refractivity contribution in [2.24, 2.45) is 0 Å². The third-order valence-corrected chi connectivity index (χ3v) is 3.85. The Labute approximate surface area is 155 Å². The average Bonchev–Trinajstić information content (AvgIpc) is 2.61. The van der Waals surface area contributed by atoms with Crippen LogP contribution >= 0.6 is 22.6 Å². The van der Waals surface area contributed by atoms with Gasteiger partial charge in [0.25, 0.3) is 0 Å². The quantitative estimate of drug-likeness (QED) is 0.199. The SMILES string of the molecule is Fc1ccc(I)cc1F.O=Cc1ccc(-c2ccc(F)c(F)c2)cc1. The lowest BCUT2D eigenvalue weighted by Crippen LogP contribution is -1.86. The molecule has 0 saturated carbocycles. The summed E-state index contributed by atoms with van der Waals surface area (Å²) in [5.74, 6) is -3.33. The summed E-state index contributed by atoms with van der Waals surface area (Å²) in [5, 5.41) is 0. The van der Waals surface area contributed by atoms with Crippen molar-refractivity contribution in [1.82, 2.24) is 0 Å². The van der Waals surface area contributed by atoms with Crippen LogP contribution in [0.1, 0.15) is 10.4 Å². The van der Waals surface area contributed by atoms with Crippen molar-refractivity contribution in [2.45, 2.75) is 0 Å². The van der Waals surface area contributed by atoms with Crippen LogP contribution < -0.4 is 0 Å². The maximum absolute atomic E-state index is 13.0. The maximum atomic E-state index is 13.0. The third-order valence-electron chi connectivity index (χ3n) is 3.18.